The van der Waals surface area contributed by atoms with Crippen molar-refractivity contribution in [2.24, 2.45) is 0 Å². The first-order valence-electron chi connectivity index (χ1n) is 13.4. The fourth-order valence-corrected chi connectivity index (χ4v) is 5.22. The smallest absolute Gasteiger partial charge is 0.229 e. The number of aliphatic hydroxyl groups is 5. The Morgan fingerprint density at radius 3 is 2.38 bits per heavy atom. The third-order valence-corrected chi connectivity index (χ3v) is 7.51. The summed E-state index contributed by atoms with van der Waals surface area (Å²) in [6.45, 7) is 1.28. The van der Waals surface area contributed by atoms with E-state index in [1.165, 1.54) is 25.3 Å². The average Bonchev–Trinajstić information content (AvgIpc) is 2.94. The van der Waals surface area contributed by atoms with Gasteiger partial charge in [0.1, 0.15) is 59.4 Å². The van der Waals surface area contributed by atoms with E-state index in [1.807, 2.05) is 0 Å². The van der Waals surface area contributed by atoms with E-state index < -0.39 is 79.6 Å². The van der Waals surface area contributed by atoms with Gasteiger partial charge in [-0.15, -0.1) is 0 Å². The molecule has 10 atom stereocenters. The van der Waals surface area contributed by atoms with Crippen LogP contribution in [-0.2, 0) is 14.2 Å². The summed E-state index contributed by atoms with van der Waals surface area (Å²) in [6.07, 6.45) is -12.7. The average molecular weight is 595 g/mol. The third-order valence-electron chi connectivity index (χ3n) is 7.51. The molecule has 3 heterocycles. The normalized spacial score (nSPS) is 34.8. The van der Waals surface area contributed by atoms with E-state index in [9.17, 15) is 40.5 Å². The molecule has 0 aromatic heterocycles. The fourth-order valence-electron chi connectivity index (χ4n) is 5.22. The number of carbonyl (C=O) groups excluding carboxylic acids is 1. The zero-order chi connectivity index (χ0) is 30.3. The maximum absolute atomic E-state index is 12.9. The highest BCUT2D eigenvalue weighted by Crippen LogP contribution is 2.43. The quantitative estimate of drug-likeness (QED) is 0.223. The molecule has 5 rings (SSSR count). The molecule has 2 aromatic rings. The lowest BCUT2D eigenvalue weighted by Crippen LogP contribution is -2.60. The first kappa shape index (κ1) is 30.3. The highest BCUT2D eigenvalue weighted by molar-refractivity contribution is 6.02. The first-order chi connectivity index (χ1) is 20.0. The van der Waals surface area contributed by atoms with Gasteiger partial charge in [-0.1, -0.05) is 6.07 Å². The van der Waals surface area contributed by atoms with Crippen molar-refractivity contribution in [2.75, 3.05) is 13.7 Å². The molecular weight excluding hydrogens is 560 g/mol. The van der Waals surface area contributed by atoms with Gasteiger partial charge in [0.2, 0.25) is 6.29 Å². The summed E-state index contributed by atoms with van der Waals surface area (Å²) in [7, 11) is 1.40. The van der Waals surface area contributed by atoms with Gasteiger partial charge in [0.05, 0.1) is 32.3 Å². The van der Waals surface area contributed by atoms with Crippen LogP contribution >= 0.6 is 0 Å². The second-order valence-corrected chi connectivity index (χ2v) is 10.6. The van der Waals surface area contributed by atoms with Crippen molar-refractivity contribution in [3.63, 3.8) is 0 Å². The van der Waals surface area contributed by atoms with E-state index in [0.717, 1.165) is 6.07 Å². The Labute approximate surface area is 240 Å². The van der Waals surface area contributed by atoms with Crippen molar-refractivity contribution in [3.05, 3.63) is 41.5 Å². The fraction of sp³-hybridized carbons (Fsp3) is 0.536. The van der Waals surface area contributed by atoms with Crippen LogP contribution in [0.3, 0.4) is 0 Å². The molecule has 14 nitrogen and oxygen atoms in total. The molecule has 2 fully saturated rings. The van der Waals surface area contributed by atoms with Gasteiger partial charge in [0.15, 0.2) is 23.6 Å². The molecule has 3 aliphatic heterocycles. The Morgan fingerprint density at radius 1 is 0.905 bits per heavy atom. The summed E-state index contributed by atoms with van der Waals surface area (Å²) in [5, 5.41) is 72.4. The van der Waals surface area contributed by atoms with Gasteiger partial charge in [-0.25, -0.2) is 0 Å². The number of phenolic OH excluding ortho intramolecular Hbond substituents is 2. The van der Waals surface area contributed by atoms with Crippen LogP contribution in [-0.4, -0.2) is 111 Å². The van der Waals surface area contributed by atoms with E-state index in [1.54, 1.807) is 13.0 Å². The number of Topliss-reactive ketones (excluding diaryl/α,β-unsaturated/α-hetero) is 1. The van der Waals surface area contributed by atoms with Crippen LogP contribution < -0.4 is 14.2 Å². The van der Waals surface area contributed by atoms with Crippen molar-refractivity contribution in [2.45, 2.75) is 81.2 Å². The van der Waals surface area contributed by atoms with Crippen molar-refractivity contribution in [1.82, 2.24) is 0 Å². The second-order valence-electron chi connectivity index (χ2n) is 10.6. The van der Waals surface area contributed by atoms with Crippen molar-refractivity contribution < 1.29 is 69.0 Å². The number of phenols is 2. The molecule has 2 saturated heterocycles. The molecule has 7 N–H and O–H groups in total. The standard InChI is InChI=1S/C28H34O14/c1-11-5-17(32)23(33)27(39-11)38-10-21-24(34)25(35)26(36)28(42-21)40-13-7-15(30)22-16(31)9-19(41-20(22)8-13)12-3-4-18(37-2)14(29)6-12/h3-4,6-8,11,17,19,21,23-30,32-36H,5,9-10H2,1-2H3/t11?,17-,19-,21?,23?,24+,25?,26?,27+,28+/m0/s1. The zero-order valence-corrected chi connectivity index (χ0v) is 22.8. The molecule has 0 radical (unpaired) electrons. The van der Waals surface area contributed by atoms with Crippen LogP contribution in [0.15, 0.2) is 30.3 Å². The van der Waals surface area contributed by atoms with Gasteiger partial charge in [-0.05, 0) is 24.6 Å². The lowest BCUT2D eigenvalue weighted by atomic mass is 9.95. The van der Waals surface area contributed by atoms with Gasteiger partial charge < -0.3 is 64.2 Å². The summed E-state index contributed by atoms with van der Waals surface area (Å²) in [5.41, 5.74) is 0.406. The van der Waals surface area contributed by atoms with Crippen LogP contribution in [0.1, 0.15) is 41.8 Å². The number of benzene rings is 2. The number of fused-ring (bicyclic) bond motifs is 1. The minimum absolute atomic E-state index is 0.0246. The Morgan fingerprint density at radius 2 is 1.67 bits per heavy atom. The van der Waals surface area contributed by atoms with Gasteiger partial charge in [-0.2, -0.15) is 0 Å². The van der Waals surface area contributed by atoms with Crippen molar-refractivity contribution in [3.8, 4) is 28.7 Å². The molecule has 0 amide bonds. The van der Waals surface area contributed by atoms with Gasteiger partial charge in [0, 0.05) is 18.6 Å². The maximum Gasteiger partial charge on any atom is 0.229 e. The highest BCUT2D eigenvalue weighted by Gasteiger charge is 2.46. The Balaban J connectivity index is 1.31. The molecule has 0 spiro atoms. The third kappa shape index (κ3) is 5.98. The molecule has 0 bridgehead atoms. The summed E-state index contributed by atoms with van der Waals surface area (Å²) in [5.74, 6) is -0.890. The van der Waals surface area contributed by atoms with Gasteiger partial charge >= 0.3 is 0 Å². The van der Waals surface area contributed by atoms with E-state index in [4.69, 9.17) is 28.4 Å². The number of aliphatic hydroxyl groups excluding tert-OH is 5. The van der Waals surface area contributed by atoms with Gasteiger partial charge in [-0.3, -0.25) is 4.79 Å². The molecule has 5 unspecified atom stereocenters. The van der Waals surface area contributed by atoms with E-state index >= 15 is 0 Å². The molecule has 230 valence electrons. The minimum Gasteiger partial charge on any atom is -0.507 e. The van der Waals surface area contributed by atoms with Crippen LogP contribution in [0.4, 0.5) is 0 Å². The largest absolute Gasteiger partial charge is 0.507 e. The number of ether oxygens (including phenoxy) is 6. The van der Waals surface area contributed by atoms with Crippen molar-refractivity contribution in [1.29, 1.82) is 0 Å². The maximum atomic E-state index is 12.9. The van der Waals surface area contributed by atoms with E-state index in [2.05, 4.69) is 0 Å². The molecule has 0 saturated carbocycles. The SMILES string of the molecule is COc1ccc([C@@H]2CC(=O)c3c(O)cc(O[C@@H]4OC(CO[C@@H]5OC(C)C[C@H](O)C5O)[C@@H](O)C(O)C4O)cc3O2)cc1O. The monoisotopic (exact) mass is 594 g/mol. The minimum atomic E-state index is -1.73. The van der Waals surface area contributed by atoms with E-state index in [0.29, 0.717) is 5.56 Å². The number of methoxy groups -OCH3 is 1. The van der Waals surface area contributed by atoms with Crippen LogP contribution in [0.5, 0.6) is 28.7 Å². The molecular formula is C28H34O14. The summed E-state index contributed by atoms with van der Waals surface area (Å²) in [6, 6.07) is 6.98. The predicted octanol–water partition coefficient (Wildman–Crippen LogP) is -0.127. The van der Waals surface area contributed by atoms with Crippen LogP contribution in [0.2, 0.25) is 0 Å². The highest BCUT2D eigenvalue weighted by atomic mass is 16.7. The van der Waals surface area contributed by atoms with E-state index in [-0.39, 0.29) is 41.4 Å². The molecule has 14 heteroatoms. The molecule has 0 aliphatic carbocycles. The number of aromatic hydroxyl groups is 2. The predicted molar refractivity (Wildman–Crippen MR) is 139 cm³/mol. The summed E-state index contributed by atoms with van der Waals surface area (Å²) in [4.78, 5) is 12.9. The Kier molecular flexibility index (Phi) is 8.78. The topological polar surface area (TPSA) is 214 Å². The molecule has 42 heavy (non-hydrogen) atoms. The number of rotatable bonds is 7. The number of hydrogen-bond donors (Lipinski definition) is 7. The number of hydrogen-bond acceptors (Lipinski definition) is 14. The first-order valence-corrected chi connectivity index (χ1v) is 13.4. The van der Waals surface area contributed by atoms with Gasteiger partial charge in [0.25, 0.3) is 0 Å². The summed E-state index contributed by atoms with van der Waals surface area (Å²) >= 11 is 0. The lowest BCUT2D eigenvalue weighted by Gasteiger charge is -2.41. The molecule has 3 aliphatic rings. The Hall–Kier alpha value is -3.21. The zero-order valence-electron chi connectivity index (χ0n) is 22.8. The number of ketones is 1. The van der Waals surface area contributed by atoms with Crippen LogP contribution in [0, 0.1) is 0 Å². The van der Waals surface area contributed by atoms with Crippen LogP contribution in [0.25, 0.3) is 0 Å². The van der Waals surface area contributed by atoms with Crippen molar-refractivity contribution >= 4 is 5.78 Å². The second kappa shape index (κ2) is 12.2. The lowest BCUT2D eigenvalue weighted by molar-refractivity contribution is -0.306. The number of carbonyl (C=O) groups is 1. The summed E-state index contributed by atoms with van der Waals surface area (Å²) < 4.78 is 33.4. The Bertz CT molecular complexity index is 1290. The molecule has 2 aromatic carbocycles.